The molecule has 0 bridgehead atoms. The Labute approximate surface area is 104 Å². The van der Waals surface area contributed by atoms with Crippen molar-refractivity contribution in [2.24, 2.45) is 5.73 Å². The molecule has 2 aromatic heterocycles. The number of hydrogen-bond donors (Lipinski definition) is 2. The SMILES string of the molecule is CCn1nc(C)c(Cl)c1CC(N)c1ncn[nH]1. The minimum atomic E-state index is -0.253. The third kappa shape index (κ3) is 2.32. The van der Waals surface area contributed by atoms with Gasteiger partial charge in [-0.1, -0.05) is 11.6 Å². The van der Waals surface area contributed by atoms with Crippen molar-refractivity contribution in [1.82, 2.24) is 25.0 Å². The maximum absolute atomic E-state index is 6.21. The van der Waals surface area contributed by atoms with Gasteiger partial charge in [0.15, 0.2) is 0 Å². The van der Waals surface area contributed by atoms with Crippen LogP contribution in [0, 0.1) is 6.92 Å². The van der Waals surface area contributed by atoms with Crippen LogP contribution in [0.15, 0.2) is 6.33 Å². The molecule has 0 saturated heterocycles. The van der Waals surface area contributed by atoms with Gasteiger partial charge in [-0.2, -0.15) is 10.2 Å². The maximum atomic E-state index is 6.21. The van der Waals surface area contributed by atoms with E-state index in [0.29, 0.717) is 17.3 Å². The first-order chi connectivity index (χ1) is 8.13. The van der Waals surface area contributed by atoms with Crippen LogP contribution in [0.1, 0.15) is 30.2 Å². The van der Waals surface area contributed by atoms with Crippen LogP contribution >= 0.6 is 11.6 Å². The molecular weight excluding hydrogens is 240 g/mol. The molecule has 0 aromatic carbocycles. The Bertz CT molecular complexity index is 489. The summed E-state index contributed by atoms with van der Waals surface area (Å²) in [7, 11) is 0. The van der Waals surface area contributed by atoms with Crippen molar-refractivity contribution in [2.75, 3.05) is 0 Å². The Morgan fingerprint density at radius 1 is 1.59 bits per heavy atom. The van der Waals surface area contributed by atoms with Crippen molar-refractivity contribution in [3.8, 4) is 0 Å². The van der Waals surface area contributed by atoms with E-state index < -0.39 is 0 Å². The average Bonchev–Trinajstić information content (AvgIpc) is 2.92. The van der Waals surface area contributed by atoms with Crippen molar-refractivity contribution in [3.63, 3.8) is 0 Å². The van der Waals surface area contributed by atoms with Crippen LogP contribution in [-0.4, -0.2) is 25.0 Å². The van der Waals surface area contributed by atoms with Gasteiger partial charge in [-0.15, -0.1) is 0 Å². The smallest absolute Gasteiger partial charge is 0.141 e. The lowest BCUT2D eigenvalue weighted by molar-refractivity contribution is 0.576. The zero-order valence-electron chi connectivity index (χ0n) is 9.81. The van der Waals surface area contributed by atoms with Crippen molar-refractivity contribution in [2.45, 2.75) is 32.9 Å². The molecule has 1 atom stereocenters. The van der Waals surface area contributed by atoms with Crippen LogP contribution in [0.2, 0.25) is 5.02 Å². The number of halogens is 1. The van der Waals surface area contributed by atoms with Gasteiger partial charge in [0, 0.05) is 13.0 Å². The lowest BCUT2D eigenvalue weighted by atomic mass is 10.1. The van der Waals surface area contributed by atoms with Crippen LogP contribution in [0.25, 0.3) is 0 Å². The topological polar surface area (TPSA) is 85.4 Å². The minimum Gasteiger partial charge on any atom is -0.321 e. The first-order valence-corrected chi connectivity index (χ1v) is 5.83. The number of nitrogens with one attached hydrogen (secondary N) is 1. The Morgan fingerprint density at radius 2 is 2.35 bits per heavy atom. The van der Waals surface area contributed by atoms with Gasteiger partial charge >= 0.3 is 0 Å². The highest BCUT2D eigenvalue weighted by molar-refractivity contribution is 6.31. The zero-order chi connectivity index (χ0) is 12.4. The Morgan fingerprint density at radius 3 is 2.94 bits per heavy atom. The molecule has 7 heteroatoms. The molecule has 0 spiro atoms. The first-order valence-electron chi connectivity index (χ1n) is 5.46. The van der Waals surface area contributed by atoms with E-state index in [1.807, 2.05) is 18.5 Å². The summed E-state index contributed by atoms with van der Waals surface area (Å²) in [4.78, 5) is 4.04. The number of nitrogens with two attached hydrogens (primary N) is 1. The second-order valence-corrected chi connectivity index (χ2v) is 4.22. The molecule has 2 heterocycles. The van der Waals surface area contributed by atoms with Crippen LogP contribution in [-0.2, 0) is 13.0 Å². The first kappa shape index (κ1) is 12.1. The minimum absolute atomic E-state index is 0.253. The number of aromatic nitrogens is 5. The average molecular weight is 255 g/mol. The lowest BCUT2D eigenvalue weighted by Gasteiger charge is -2.10. The third-order valence-corrected chi connectivity index (χ3v) is 3.14. The van der Waals surface area contributed by atoms with Gasteiger partial charge < -0.3 is 5.73 Å². The molecule has 0 aliphatic heterocycles. The van der Waals surface area contributed by atoms with Crippen LogP contribution in [0.5, 0.6) is 0 Å². The number of nitrogens with zero attached hydrogens (tertiary/aromatic N) is 4. The molecule has 92 valence electrons. The summed E-state index contributed by atoms with van der Waals surface area (Å²) in [6.07, 6.45) is 2.03. The molecule has 0 radical (unpaired) electrons. The Hall–Kier alpha value is -1.40. The van der Waals surface area contributed by atoms with Gasteiger partial charge in [0.1, 0.15) is 12.2 Å². The molecule has 0 aliphatic carbocycles. The molecule has 0 aliphatic rings. The summed E-state index contributed by atoms with van der Waals surface area (Å²) < 4.78 is 1.87. The molecule has 0 amide bonds. The molecular formula is C10H15ClN6. The molecule has 3 N–H and O–H groups in total. The van der Waals surface area contributed by atoms with E-state index in [-0.39, 0.29) is 6.04 Å². The van der Waals surface area contributed by atoms with E-state index >= 15 is 0 Å². The highest BCUT2D eigenvalue weighted by Crippen LogP contribution is 2.23. The van der Waals surface area contributed by atoms with Gasteiger partial charge in [0.25, 0.3) is 0 Å². The van der Waals surface area contributed by atoms with E-state index in [1.54, 1.807) is 0 Å². The van der Waals surface area contributed by atoms with Crippen LogP contribution in [0.4, 0.5) is 0 Å². The lowest BCUT2D eigenvalue weighted by Crippen LogP contribution is -2.17. The number of hydrogen-bond acceptors (Lipinski definition) is 4. The zero-order valence-corrected chi connectivity index (χ0v) is 10.6. The molecule has 1 unspecified atom stereocenters. The molecule has 6 nitrogen and oxygen atoms in total. The fourth-order valence-electron chi connectivity index (χ4n) is 1.76. The van der Waals surface area contributed by atoms with Gasteiger partial charge in [-0.3, -0.25) is 9.78 Å². The second-order valence-electron chi connectivity index (χ2n) is 3.84. The normalized spacial score (nSPS) is 12.9. The summed E-state index contributed by atoms with van der Waals surface area (Å²) in [6, 6.07) is -0.253. The van der Waals surface area contributed by atoms with Gasteiger partial charge in [0.05, 0.1) is 22.5 Å². The predicted octanol–water partition coefficient (Wildman–Crippen LogP) is 1.23. The van der Waals surface area contributed by atoms with Gasteiger partial charge in [-0.25, -0.2) is 4.98 Å². The largest absolute Gasteiger partial charge is 0.321 e. The van der Waals surface area contributed by atoms with Crippen LogP contribution < -0.4 is 5.73 Å². The highest BCUT2D eigenvalue weighted by atomic mass is 35.5. The molecule has 0 fully saturated rings. The second kappa shape index (κ2) is 4.85. The molecule has 17 heavy (non-hydrogen) atoms. The number of rotatable bonds is 4. The molecule has 2 aromatic rings. The quantitative estimate of drug-likeness (QED) is 0.859. The fraction of sp³-hybridized carbons (Fsp3) is 0.500. The van der Waals surface area contributed by atoms with Crippen molar-refractivity contribution in [3.05, 3.63) is 28.6 Å². The monoisotopic (exact) mass is 254 g/mol. The predicted molar refractivity (Wildman–Crippen MR) is 64.7 cm³/mol. The highest BCUT2D eigenvalue weighted by Gasteiger charge is 2.18. The van der Waals surface area contributed by atoms with E-state index in [4.69, 9.17) is 17.3 Å². The standard InChI is InChI=1S/C10H15ClN6/c1-3-17-8(9(11)6(2)16-17)4-7(12)10-13-5-14-15-10/h5,7H,3-4,12H2,1-2H3,(H,13,14,15). The number of H-pyrrole nitrogens is 1. The fourth-order valence-corrected chi connectivity index (χ4v) is 1.98. The van der Waals surface area contributed by atoms with Crippen molar-refractivity contribution < 1.29 is 0 Å². The molecule has 0 saturated carbocycles. The summed E-state index contributed by atoms with van der Waals surface area (Å²) >= 11 is 6.21. The maximum Gasteiger partial charge on any atom is 0.141 e. The Balaban J connectivity index is 2.24. The van der Waals surface area contributed by atoms with Gasteiger partial charge in [-0.05, 0) is 13.8 Å². The van der Waals surface area contributed by atoms with E-state index in [0.717, 1.165) is 17.9 Å². The van der Waals surface area contributed by atoms with Crippen LogP contribution in [0.3, 0.4) is 0 Å². The third-order valence-electron chi connectivity index (χ3n) is 2.65. The number of aryl methyl sites for hydroxylation is 2. The molecule has 2 rings (SSSR count). The summed E-state index contributed by atoms with van der Waals surface area (Å²) in [5, 5.41) is 11.6. The van der Waals surface area contributed by atoms with Crippen molar-refractivity contribution in [1.29, 1.82) is 0 Å². The summed E-state index contributed by atoms with van der Waals surface area (Å²) in [5.74, 6) is 0.655. The number of aromatic amines is 1. The Kier molecular flexibility index (Phi) is 3.44. The van der Waals surface area contributed by atoms with E-state index in [1.165, 1.54) is 6.33 Å². The summed E-state index contributed by atoms with van der Waals surface area (Å²) in [5.41, 5.74) is 7.81. The van der Waals surface area contributed by atoms with Gasteiger partial charge in [0.2, 0.25) is 0 Å². The summed E-state index contributed by atoms with van der Waals surface area (Å²) in [6.45, 7) is 4.68. The van der Waals surface area contributed by atoms with Crippen molar-refractivity contribution >= 4 is 11.6 Å². The van der Waals surface area contributed by atoms with E-state index in [2.05, 4.69) is 20.3 Å². The van der Waals surface area contributed by atoms with E-state index in [9.17, 15) is 0 Å².